The number of nitrogens with zero attached hydrogens (tertiary/aromatic N) is 1. The van der Waals surface area contributed by atoms with Gasteiger partial charge in [0, 0.05) is 17.1 Å². The molecule has 0 aliphatic heterocycles. The quantitative estimate of drug-likeness (QED) is 0.593. The topological polar surface area (TPSA) is 12.9 Å². The van der Waals surface area contributed by atoms with Crippen LogP contribution in [-0.2, 0) is 0 Å². The van der Waals surface area contributed by atoms with Gasteiger partial charge in [-0.25, -0.2) is 0 Å². The lowest BCUT2D eigenvalue weighted by atomic mass is 9.95. The van der Waals surface area contributed by atoms with Crippen molar-refractivity contribution in [3.63, 3.8) is 0 Å². The van der Waals surface area contributed by atoms with Crippen molar-refractivity contribution in [3.8, 4) is 11.1 Å². The summed E-state index contributed by atoms with van der Waals surface area (Å²) in [6.45, 7) is 0. The van der Waals surface area contributed by atoms with E-state index < -0.39 is 0 Å². The monoisotopic (exact) mass is 283 g/mol. The molecule has 106 valence electrons. The third-order valence-electron chi connectivity index (χ3n) is 4.15. The Balaban J connectivity index is 1.96. The van der Waals surface area contributed by atoms with Crippen LogP contribution in [0, 0.1) is 0 Å². The van der Waals surface area contributed by atoms with E-state index in [0.29, 0.717) is 0 Å². The zero-order valence-corrected chi connectivity index (χ0v) is 12.4. The highest BCUT2D eigenvalue weighted by Crippen LogP contribution is 2.33. The third kappa shape index (κ3) is 2.25. The summed E-state index contributed by atoms with van der Waals surface area (Å²) < 4.78 is 0. The fraction of sp³-hybridized carbons (Fsp3) is 0.0952. The molecule has 0 amide bonds. The number of hydrogen-bond acceptors (Lipinski definition) is 1. The van der Waals surface area contributed by atoms with Crippen LogP contribution in [-0.4, -0.2) is 4.98 Å². The highest BCUT2D eigenvalue weighted by Gasteiger charge is 2.11. The fourth-order valence-electron chi connectivity index (χ4n) is 3.06. The second-order valence-corrected chi connectivity index (χ2v) is 5.57. The Kier molecular flexibility index (Phi) is 3.32. The Hall–Kier alpha value is -2.67. The van der Waals surface area contributed by atoms with Crippen LogP contribution in [0.5, 0.6) is 0 Å². The molecule has 1 aliphatic rings. The van der Waals surface area contributed by atoms with Gasteiger partial charge >= 0.3 is 0 Å². The van der Waals surface area contributed by atoms with Gasteiger partial charge in [0.1, 0.15) is 0 Å². The number of fused-ring (bicyclic) bond motifs is 1. The van der Waals surface area contributed by atoms with Gasteiger partial charge in [-0.1, -0.05) is 72.8 Å². The third-order valence-corrected chi connectivity index (χ3v) is 4.15. The summed E-state index contributed by atoms with van der Waals surface area (Å²) in [6, 6.07) is 19.0. The van der Waals surface area contributed by atoms with Crippen LogP contribution in [0.4, 0.5) is 0 Å². The lowest BCUT2D eigenvalue weighted by molar-refractivity contribution is 1.04. The maximum absolute atomic E-state index is 4.79. The van der Waals surface area contributed by atoms with Crippen LogP contribution in [0.1, 0.15) is 18.5 Å². The Labute approximate surface area is 130 Å². The fourth-order valence-corrected chi connectivity index (χ4v) is 3.06. The second-order valence-electron chi connectivity index (χ2n) is 5.57. The van der Waals surface area contributed by atoms with E-state index in [4.69, 9.17) is 4.98 Å². The van der Waals surface area contributed by atoms with Gasteiger partial charge in [0.15, 0.2) is 0 Å². The van der Waals surface area contributed by atoms with E-state index in [1.165, 1.54) is 27.5 Å². The van der Waals surface area contributed by atoms with E-state index in [2.05, 4.69) is 66.8 Å². The number of rotatable bonds is 2. The minimum atomic E-state index is 1.09. The molecule has 2 aromatic carbocycles. The number of allylic oxidation sites excluding steroid dienone is 4. The molecule has 1 heterocycles. The Morgan fingerprint density at radius 3 is 2.32 bits per heavy atom. The lowest BCUT2D eigenvalue weighted by Gasteiger charge is -2.13. The van der Waals surface area contributed by atoms with Crippen LogP contribution < -0.4 is 0 Å². The first-order valence-corrected chi connectivity index (χ1v) is 7.74. The Morgan fingerprint density at radius 2 is 1.55 bits per heavy atom. The summed E-state index contributed by atoms with van der Waals surface area (Å²) in [5.74, 6) is 0. The summed E-state index contributed by atoms with van der Waals surface area (Å²) in [7, 11) is 0. The molecule has 0 fully saturated rings. The molecular formula is C21H17N. The van der Waals surface area contributed by atoms with Crippen molar-refractivity contribution < 1.29 is 0 Å². The summed E-state index contributed by atoms with van der Waals surface area (Å²) in [5.41, 5.74) is 4.74. The van der Waals surface area contributed by atoms with Crippen molar-refractivity contribution in [1.29, 1.82) is 0 Å². The lowest BCUT2D eigenvalue weighted by Crippen LogP contribution is -1.94. The average Bonchev–Trinajstić information content (AvgIpc) is 2.62. The van der Waals surface area contributed by atoms with Gasteiger partial charge in [-0.3, -0.25) is 4.98 Å². The van der Waals surface area contributed by atoms with E-state index in [-0.39, 0.29) is 0 Å². The van der Waals surface area contributed by atoms with Gasteiger partial charge in [0.25, 0.3) is 0 Å². The summed E-state index contributed by atoms with van der Waals surface area (Å²) in [4.78, 5) is 4.79. The standard InChI is InChI=1S/C21H17N/c1-3-9-16(10-4-1)20-15-22-21(17-11-5-2-6-12-17)19-14-8-7-13-18(19)20/h1,3-5,7-15H,2,6H2. The average molecular weight is 283 g/mol. The molecular weight excluding hydrogens is 266 g/mol. The molecule has 0 saturated heterocycles. The molecule has 0 unspecified atom stereocenters. The van der Waals surface area contributed by atoms with Gasteiger partial charge in [0.05, 0.1) is 5.69 Å². The van der Waals surface area contributed by atoms with Gasteiger partial charge in [-0.15, -0.1) is 0 Å². The molecule has 3 aromatic rings. The maximum atomic E-state index is 4.79. The number of pyridine rings is 1. The zero-order valence-electron chi connectivity index (χ0n) is 12.4. The van der Waals surface area contributed by atoms with Crippen LogP contribution in [0.3, 0.4) is 0 Å². The molecule has 0 bridgehead atoms. The highest BCUT2D eigenvalue weighted by molar-refractivity contribution is 6.02. The molecule has 0 spiro atoms. The van der Waals surface area contributed by atoms with E-state index in [1.54, 1.807) is 0 Å². The molecule has 0 radical (unpaired) electrons. The Bertz CT molecular complexity index is 873. The van der Waals surface area contributed by atoms with E-state index >= 15 is 0 Å². The molecule has 22 heavy (non-hydrogen) atoms. The van der Waals surface area contributed by atoms with Crippen molar-refractivity contribution >= 4 is 16.3 Å². The number of benzene rings is 2. The molecule has 0 atom stereocenters. The summed E-state index contributed by atoms with van der Waals surface area (Å²) in [5, 5.41) is 2.49. The molecule has 0 N–H and O–H groups in total. The van der Waals surface area contributed by atoms with E-state index in [9.17, 15) is 0 Å². The minimum Gasteiger partial charge on any atom is -0.255 e. The first-order valence-electron chi connectivity index (χ1n) is 7.74. The first-order chi connectivity index (χ1) is 10.9. The summed E-state index contributed by atoms with van der Waals surface area (Å²) in [6.07, 6.45) is 11.0. The first kappa shape index (κ1) is 13.0. The SMILES string of the molecule is C1=CC(c2ncc(-c3ccccc3)c3ccccc23)=CCC1. The van der Waals surface area contributed by atoms with Gasteiger partial charge < -0.3 is 0 Å². The van der Waals surface area contributed by atoms with E-state index in [0.717, 1.165) is 18.5 Å². The normalized spacial score (nSPS) is 14.1. The van der Waals surface area contributed by atoms with E-state index in [1.807, 2.05) is 12.3 Å². The largest absolute Gasteiger partial charge is 0.255 e. The predicted octanol–water partition coefficient (Wildman–Crippen LogP) is 5.64. The molecule has 4 rings (SSSR count). The smallest absolute Gasteiger partial charge is 0.0777 e. The van der Waals surface area contributed by atoms with Crippen molar-refractivity contribution in [3.05, 3.63) is 84.7 Å². The van der Waals surface area contributed by atoms with Crippen LogP contribution in [0.25, 0.3) is 27.5 Å². The zero-order chi connectivity index (χ0) is 14.8. The predicted molar refractivity (Wildman–Crippen MR) is 93.5 cm³/mol. The Morgan fingerprint density at radius 1 is 0.773 bits per heavy atom. The molecule has 1 aliphatic carbocycles. The molecule has 1 aromatic heterocycles. The summed E-state index contributed by atoms with van der Waals surface area (Å²) >= 11 is 0. The van der Waals surface area contributed by atoms with Crippen LogP contribution in [0.15, 0.2) is 79.0 Å². The molecule has 1 heteroatoms. The van der Waals surface area contributed by atoms with Crippen molar-refractivity contribution in [2.45, 2.75) is 12.8 Å². The minimum absolute atomic E-state index is 1.09. The van der Waals surface area contributed by atoms with Gasteiger partial charge in [-0.05, 0) is 29.4 Å². The molecule has 1 nitrogen and oxygen atoms in total. The molecule has 0 saturated carbocycles. The van der Waals surface area contributed by atoms with Gasteiger partial charge in [-0.2, -0.15) is 0 Å². The number of hydrogen-bond donors (Lipinski definition) is 0. The van der Waals surface area contributed by atoms with Crippen molar-refractivity contribution in [2.24, 2.45) is 0 Å². The van der Waals surface area contributed by atoms with Crippen LogP contribution in [0.2, 0.25) is 0 Å². The number of aromatic nitrogens is 1. The highest BCUT2D eigenvalue weighted by atomic mass is 14.7. The van der Waals surface area contributed by atoms with Gasteiger partial charge in [0.2, 0.25) is 0 Å². The van der Waals surface area contributed by atoms with Crippen molar-refractivity contribution in [2.75, 3.05) is 0 Å². The maximum Gasteiger partial charge on any atom is 0.0777 e. The second kappa shape index (κ2) is 5.61. The van der Waals surface area contributed by atoms with Crippen molar-refractivity contribution in [1.82, 2.24) is 4.98 Å². The van der Waals surface area contributed by atoms with Crippen LogP contribution >= 0.6 is 0 Å².